The second-order valence-electron chi connectivity index (χ2n) is 5.96. The van der Waals surface area contributed by atoms with Crippen molar-refractivity contribution in [2.24, 2.45) is 0 Å². The largest absolute Gasteiger partial charge is 0.497 e. The molecule has 1 fully saturated rings. The highest BCUT2D eigenvalue weighted by molar-refractivity contribution is 7.15. The second kappa shape index (κ2) is 7.77. The van der Waals surface area contributed by atoms with Crippen LogP contribution in [0.4, 0.5) is 0 Å². The van der Waals surface area contributed by atoms with Gasteiger partial charge < -0.3 is 10.1 Å². The Kier molecular flexibility index (Phi) is 5.48. The molecule has 2 heterocycles. The van der Waals surface area contributed by atoms with E-state index in [0.717, 1.165) is 48.7 Å². The molecule has 1 amide bonds. The van der Waals surface area contributed by atoms with Crippen LogP contribution in [-0.4, -0.2) is 42.5 Å². The molecule has 1 aliphatic heterocycles. The van der Waals surface area contributed by atoms with E-state index in [4.69, 9.17) is 4.74 Å². The number of amides is 1. The standard InChI is InChI=1S/C18H23N3O2S/c1-19-17(22)16-8-3-4-9-21(16)12-15-11-20-18(24-15)13-6-5-7-14(10-13)23-2/h5-7,10-11,16H,3-4,8-9,12H2,1-2H3,(H,19,22). The summed E-state index contributed by atoms with van der Waals surface area (Å²) < 4.78 is 5.28. The molecular weight excluding hydrogens is 322 g/mol. The number of hydrogen-bond acceptors (Lipinski definition) is 5. The summed E-state index contributed by atoms with van der Waals surface area (Å²) in [6, 6.07) is 7.92. The Labute approximate surface area is 146 Å². The zero-order valence-electron chi connectivity index (χ0n) is 14.1. The molecule has 6 heteroatoms. The van der Waals surface area contributed by atoms with Gasteiger partial charge in [-0.05, 0) is 31.5 Å². The summed E-state index contributed by atoms with van der Waals surface area (Å²) >= 11 is 1.68. The van der Waals surface area contributed by atoms with E-state index < -0.39 is 0 Å². The first-order valence-corrected chi connectivity index (χ1v) is 9.07. The van der Waals surface area contributed by atoms with Gasteiger partial charge in [0.15, 0.2) is 0 Å². The van der Waals surface area contributed by atoms with E-state index in [9.17, 15) is 4.79 Å². The Morgan fingerprint density at radius 2 is 2.33 bits per heavy atom. The van der Waals surface area contributed by atoms with Gasteiger partial charge in [-0.15, -0.1) is 11.3 Å². The first-order valence-electron chi connectivity index (χ1n) is 8.26. The number of aromatic nitrogens is 1. The lowest BCUT2D eigenvalue weighted by atomic mass is 10.0. The van der Waals surface area contributed by atoms with Crippen LogP contribution >= 0.6 is 11.3 Å². The number of piperidine rings is 1. The number of hydrogen-bond donors (Lipinski definition) is 1. The number of likely N-dealkylation sites (N-methyl/N-ethyl adjacent to an activating group) is 1. The molecule has 0 bridgehead atoms. The topological polar surface area (TPSA) is 54.5 Å². The summed E-state index contributed by atoms with van der Waals surface area (Å²) in [5.74, 6) is 0.951. The SMILES string of the molecule is CNC(=O)C1CCCCN1Cc1cnc(-c2cccc(OC)c2)s1. The van der Waals surface area contributed by atoms with E-state index in [1.807, 2.05) is 30.5 Å². The number of thiazole rings is 1. The Hall–Kier alpha value is -1.92. The molecule has 1 aromatic heterocycles. The van der Waals surface area contributed by atoms with Gasteiger partial charge in [-0.3, -0.25) is 9.69 Å². The summed E-state index contributed by atoms with van der Waals surface area (Å²) in [7, 11) is 3.38. The number of likely N-dealkylation sites (tertiary alicyclic amines) is 1. The van der Waals surface area contributed by atoms with Crippen LogP contribution in [0.15, 0.2) is 30.5 Å². The van der Waals surface area contributed by atoms with Crippen molar-refractivity contribution in [3.8, 4) is 16.3 Å². The third-order valence-corrected chi connectivity index (χ3v) is 5.42. The van der Waals surface area contributed by atoms with Crippen LogP contribution in [0.1, 0.15) is 24.1 Å². The van der Waals surface area contributed by atoms with E-state index in [2.05, 4.69) is 15.2 Å². The molecule has 1 unspecified atom stereocenters. The van der Waals surface area contributed by atoms with Crippen molar-refractivity contribution in [3.05, 3.63) is 35.3 Å². The minimum Gasteiger partial charge on any atom is -0.497 e. The average Bonchev–Trinajstić information content (AvgIpc) is 3.10. The molecule has 0 spiro atoms. The monoisotopic (exact) mass is 345 g/mol. The Bertz CT molecular complexity index is 701. The summed E-state index contributed by atoms with van der Waals surface area (Å²) in [6.07, 6.45) is 5.12. The van der Waals surface area contributed by atoms with E-state index in [-0.39, 0.29) is 11.9 Å². The number of ether oxygens (including phenoxy) is 1. The fourth-order valence-corrected chi connectivity index (χ4v) is 4.05. The summed E-state index contributed by atoms with van der Waals surface area (Å²) in [5.41, 5.74) is 1.06. The van der Waals surface area contributed by atoms with E-state index in [1.54, 1.807) is 25.5 Å². The number of carbonyl (C=O) groups excluding carboxylic acids is 1. The van der Waals surface area contributed by atoms with E-state index in [1.165, 1.54) is 4.88 Å². The Balaban J connectivity index is 1.74. The fraction of sp³-hybridized carbons (Fsp3) is 0.444. The van der Waals surface area contributed by atoms with Crippen LogP contribution in [-0.2, 0) is 11.3 Å². The lowest BCUT2D eigenvalue weighted by Crippen LogP contribution is -2.48. The zero-order valence-corrected chi connectivity index (χ0v) is 14.9. The van der Waals surface area contributed by atoms with Crippen LogP contribution in [0.2, 0.25) is 0 Å². The van der Waals surface area contributed by atoms with Gasteiger partial charge in [0.25, 0.3) is 0 Å². The summed E-state index contributed by atoms with van der Waals surface area (Å²) in [5, 5.41) is 3.77. The van der Waals surface area contributed by atoms with Gasteiger partial charge in [0.2, 0.25) is 5.91 Å². The lowest BCUT2D eigenvalue weighted by Gasteiger charge is -2.33. The molecule has 24 heavy (non-hydrogen) atoms. The number of rotatable bonds is 5. The van der Waals surface area contributed by atoms with Gasteiger partial charge in [-0.2, -0.15) is 0 Å². The molecule has 1 aliphatic rings. The van der Waals surface area contributed by atoms with Crippen molar-refractivity contribution in [3.63, 3.8) is 0 Å². The molecule has 0 aliphatic carbocycles. The molecule has 128 valence electrons. The van der Waals surface area contributed by atoms with E-state index in [0.29, 0.717) is 0 Å². The third kappa shape index (κ3) is 3.76. The van der Waals surface area contributed by atoms with Crippen molar-refractivity contribution in [1.82, 2.24) is 15.2 Å². The molecule has 3 rings (SSSR count). The smallest absolute Gasteiger partial charge is 0.237 e. The lowest BCUT2D eigenvalue weighted by molar-refractivity contribution is -0.127. The molecular formula is C18H23N3O2S. The quantitative estimate of drug-likeness (QED) is 0.905. The highest BCUT2D eigenvalue weighted by Gasteiger charge is 2.28. The number of nitrogens with zero attached hydrogens (tertiary/aromatic N) is 2. The third-order valence-electron chi connectivity index (χ3n) is 4.39. The van der Waals surface area contributed by atoms with Gasteiger partial charge in [-0.25, -0.2) is 4.98 Å². The van der Waals surface area contributed by atoms with Crippen molar-refractivity contribution >= 4 is 17.2 Å². The normalized spacial score (nSPS) is 18.3. The second-order valence-corrected chi connectivity index (χ2v) is 7.08. The van der Waals surface area contributed by atoms with E-state index >= 15 is 0 Å². The van der Waals surface area contributed by atoms with Crippen LogP contribution in [0, 0.1) is 0 Å². The minimum atomic E-state index is -0.0221. The maximum Gasteiger partial charge on any atom is 0.237 e. The number of carbonyl (C=O) groups is 1. The number of methoxy groups -OCH3 is 1. The average molecular weight is 345 g/mol. The zero-order chi connectivity index (χ0) is 16.9. The van der Waals surface area contributed by atoms with Gasteiger partial charge in [-0.1, -0.05) is 18.6 Å². The predicted molar refractivity (Wildman–Crippen MR) is 96.2 cm³/mol. The highest BCUT2D eigenvalue weighted by Crippen LogP contribution is 2.29. The first-order chi connectivity index (χ1) is 11.7. The van der Waals surface area contributed by atoms with Gasteiger partial charge in [0, 0.05) is 30.2 Å². The summed E-state index contributed by atoms with van der Waals surface area (Å²) in [4.78, 5) is 20.1. The van der Waals surface area contributed by atoms with Gasteiger partial charge in [0.05, 0.1) is 13.2 Å². The fourth-order valence-electron chi connectivity index (χ4n) is 3.11. The Morgan fingerprint density at radius 3 is 3.12 bits per heavy atom. The molecule has 1 N–H and O–H groups in total. The van der Waals surface area contributed by atoms with Crippen LogP contribution in [0.25, 0.3) is 10.6 Å². The minimum absolute atomic E-state index is 0.0221. The number of nitrogens with one attached hydrogen (secondary N) is 1. The highest BCUT2D eigenvalue weighted by atomic mass is 32.1. The van der Waals surface area contributed by atoms with Gasteiger partial charge in [0.1, 0.15) is 10.8 Å². The predicted octanol–water partition coefficient (Wildman–Crippen LogP) is 2.92. The molecule has 1 atom stereocenters. The van der Waals surface area contributed by atoms with Crippen molar-refractivity contribution in [1.29, 1.82) is 0 Å². The molecule has 0 radical (unpaired) electrons. The van der Waals surface area contributed by atoms with Crippen molar-refractivity contribution in [2.75, 3.05) is 20.7 Å². The van der Waals surface area contributed by atoms with Crippen molar-refractivity contribution in [2.45, 2.75) is 31.8 Å². The molecule has 1 saturated heterocycles. The first kappa shape index (κ1) is 16.9. The van der Waals surface area contributed by atoms with Crippen molar-refractivity contribution < 1.29 is 9.53 Å². The molecule has 2 aromatic rings. The Morgan fingerprint density at radius 1 is 1.46 bits per heavy atom. The van der Waals surface area contributed by atoms with Gasteiger partial charge >= 0.3 is 0 Å². The van der Waals surface area contributed by atoms with Crippen LogP contribution < -0.4 is 10.1 Å². The maximum atomic E-state index is 12.1. The molecule has 0 saturated carbocycles. The molecule has 5 nitrogen and oxygen atoms in total. The van der Waals surface area contributed by atoms with Crippen LogP contribution in [0.3, 0.4) is 0 Å². The maximum absolute atomic E-state index is 12.1. The number of benzene rings is 1. The molecule has 1 aromatic carbocycles. The van der Waals surface area contributed by atoms with Crippen LogP contribution in [0.5, 0.6) is 5.75 Å². The summed E-state index contributed by atoms with van der Waals surface area (Å²) in [6.45, 7) is 1.74.